The van der Waals surface area contributed by atoms with Crippen molar-refractivity contribution < 1.29 is 14.6 Å². The second-order valence-electron chi connectivity index (χ2n) is 4.29. The smallest absolute Gasteiger partial charge is 0.305 e. The third-order valence-electron chi connectivity index (χ3n) is 2.94. The van der Waals surface area contributed by atoms with Crippen molar-refractivity contribution in [1.82, 2.24) is 0 Å². The summed E-state index contributed by atoms with van der Waals surface area (Å²) in [5, 5.41) is 11.3. The molecule has 4 nitrogen and oxygen atoms in total. The van der Waals surface area contributed by atoms with Gasteiger partial charge in [-0.05, 0) is 35.0 Å². The monoisotopic (exact) mass is 279 g/mol. The van der Waals surface area contributed by atoms with Gasteiger partial charge in [-0.25, -0.2) is 0 Å². The van der Waals surface area contributed by atoms with Crippen LogP contribution in [0.15, 0.2) is 30.3 Å². The number of hydrogen-bond donors (Lipinski definition) is 2. The van der Waals surface area contributed by atoms with Crippen LogP contribution in [0.25, 0.3) is 10.8 Å². The zero-order chi connectivity index (χ0) is 14.0. The van der Waals surface area contributed by atoms with E-state index >= 15 is 0 Å². The lowest BCUT2D eigenvalue weighted by Gasteiger charge is -2.15. The van der Waals surface area contributed by atoms with E-state index in [0.717, 1.165) is 10.8 Å². The van der Waals surface area contributed by atoms with Crippen LogP contribution in [0.3, 0.4) is 0 Å². The van der Waals surface area contributed by atoms with Crippen molar-refractivity contribution in [2.75, 3.05) is 7.11 Å². The molecule has 0 aliphatic heterocycles. The van der Waals surface area contributed by atoms with Gasteiger partial charge in [0.1, 0.15) is 5.75 Å². The van der Waals surface area contributed by atoms with Crippen LogP contribution in [0.5, 0.6) is 5.75 Å². The highest BCUT2D eigenvalue weighted by Gasteiger charge is 2.16. The molecule has 2 rings (SSSR count). The van der Waals surface area contributed by atoms with E-state index in [2.05, 4.69) is 0 Å². The summed E-state index contributed by atoms with van der Waals surface area (Å²) >= 11 is 5.95. The Morgan fingerprint density at radius 1 is 1.37 bits per heavy atom. The van der Waals surface area contributed by atoms with E-state index in [-0.39, 0.29) is 6.42 Å². The molecule has 0 bridgehead atoms. The topological polar surface area (TPSA) is 72.5 Å². The first-order valence-corrected chi connectivity index (χ1v) is 6.13. The van der Waals surface area contributed by atoms with Gasteiger partial charge in [0.15, 0.2) is 0 Å². The van der Waals surface area contributed by atoms with Crippen molar-refractivity contribution >= 4 is 28.3 Å². The number of rotatable bonds is 4. The number of methoxy groups -OCH3 is 1. The summed E-state index contributed by atoms with van der Waals surface area (Å²) < 4.78 is 5.28. The van der Waals surface area contributed by atoms with Crippen molar-refractivity contribution in [3.63, 3.8) is 0 Å². The highest BCUT2D eigenvalue weighted by Crippen LogP contribution is 2.32. The van der Waals surface area contributed by atoms with E-state index in [0.29, 0.717) is 16.3 Å². The van der Waals surface area contributed by atoms with Crippen LogP contribution in [0.4, 0.5) is 0 Å². The quantitative estimate of drug-likeness (QED) is 0.902. The molecule has 5 heteroatoms. The number of carboxylic acids is 1. The van der Waals surface area contributed by atoms with Crippen molar-refractivity contribution in [3.05, 3.63) is 40.9 Å². The van der Waals surface area contributed by atoms with Crippen LogP contribution in [-0.4, -0.2) is 18.2 Å². The lowest BCUT2D eigenvalue weighted by atomic mass is 9.99. The third-order valence-corrected chi connectivity index (χ3v) is 3.18. The van der Waals surface area contributed by atoms with Gasteiger partial charge in [0.2, 0.25) is 0 Å². The number of nitrogens with two attached hydrogens (primary N) is 1. The molecule has 0 radical (unpaired) electrons. The van der Waals surface area contributed by atoms with Crippen LogP contribution in [-0.2, 0) is 4.79 Å². The van der Waals surface area contributed by atoms with E-state index in [1.165, 1.54) is 7.11 Å². The average Bonchev–Trinajstić information content (AvgIpc) is 2.36. The van der Waals surface area contributed by atoms with Gasteiger partial charge in [-0.2, -0.15) is 0 Å². The van der Waals surface area contributed by atoms with Crippen molar-refractivity contribution in [2.45, 2.75) is 12.5 Å². The SMILES string of the molecule is COc1cc2ccc(Cl)cc2cc1C(N)CC(=O)O. The molecular formula is C14H14ClNO3. The second kappa shape index (κ2) is 5.47. The molecule has 1 atom stereocenters. The van der Waals surface area contributed by atoms with E-state index in [4.69, 9.17) is 27.2 Å². The molecule has 1 unspecified atom stereocenters. The summed E-state index contributed by atoms with van der Waals surface area (Å²) in [4.78, 5) is 10.8. The number of carbonyl (C=O) groups is 1. The summed E-state index contributed by atoms with van der Waals surface area (Å²) in [6, 6.07) is 8.53. The normalized spacial score (nSPS) is 12.4. The Kier molecular flexibility index (Phi) is 3.93. The summed E-state index contributed by atoms with van der Waals surface area (Å²) in [6.45, 7) is 0. The van der Waals surface area contributed by atoms with Crippen LogP contribution < -0.4 is 10.5 Å². The van der Waals surface area contributed by atoms with Gasteiger partial charge in [0.05, 0.1) is 13.5 Å². The van der Waals surface area contributed by atoms with Gasteiger partial charge in [-0.1, -0.05) is 17.7 Å². The highest BCUT2D eigenvalue weighted by molar-refractivity contribution is 6.31. The number of hydrogen-bond acceptors (Lipinski definition) is 3. The van der Waals surface area contributed by atoms with Gasteiger partial charge < -0.3 is 15.6 Å². The molecule has 0 saturated heterocycles. The Morgan fingerprint density at radius 3 is 2.74 bits per heavy atom. The van der Waals surface area contributed by atoms with E-state index in [1.807, 2.05) is 24.3 Å². The number of aliphatic carboxylic acids is 1. The lowest BCUT2D eigenvalue weighted by Crippen LogP contribution is -2.15. The number of fused-ring (bicyclic) bond motifs is 1. The zero-order valence-corrected chi connectivity index (χ0v) is 11.1. The Balaban J connectivity index is 2.54. The molecular weight excluding hydrogens is 266 g/mol. The summed E-state index contributed by atoms with van der Waals surface area (Å²) in [5.74, 6) is -0.357. The Bertz CT molecular complexity index is 627. The molecule has 0 spiro atoms. The van der Waals surface area contributed by atoms with E-state index < -0.39 is 12.0 Å². The van der Waals surface area contributed by atoms with Crippen molar-refractivity contribution in [2.24, 2.45) is 5.73 Å². The second-order valence-corrected chi connectivity index (χ2v) is 4.73. The molecule has 0 saturated carbocycles. The van der Waals surface area contributed by atoms with Gasteiger partial charge in [-0.15, -0.1) is 0 Å². The first-order chi connectivity index (χ1) is 9.01. The zero-order valence-electron chi connectivity index (χ0n) is 10.4. The van der Waals surface area contributed by atoms with E-state index in [9.17, 15) is 4.79 Å². The lowest BCUT2D eigenvalue weighted by molar-refractivity contribution is -0.137. The van der Waals surface area contributed by atoms with Gasteiger partial charge >= 0.3 is 5.97 Å². The standard InChI is InChI=1S/C14H14ClNO3/c1-19-13-6-8-2-3-10(15)4-9(8)5-11(13)12(16)7-14(17)18/h2-6,12H,7,16H2,1H3,(H,17,18). The Hall–Kier alpha value is -1.78. The number of benzene rings is 2. The number of ether oxygens (including phenoxy) is 1. The molecule has 2 aromatic rings. The molecule has 19 heavy (non-hydrogen) atoms. The molecule has 0 fully saturated rings. The molecule has 2 aromatic carbocycles. The van der Waals surface area contributed by atoms with Gasteiger partial charge in [0, 0.05) is 16.6 Å². The number of halogens is 1. The van der Waals surface area contributed by atoms with Gasteiger partial charge in [-0.3, -0.25) is 4.79 Å². The van der Waals surface area contributed by atoms with Crippen LogP contribution >= 0.6 is 11.6 Å². The maximum absolute atomic E-state index is 10.8. The first-order valence-electron chi connectivity index (χ1n) is 5.76. The first kappa shape index (κ1) is 13.6. The molecule has 0 aliphatic carbocycles. The summed E-state index contributed by atoms with van der Waals surface area (Å²) in [7, 11) is 1.54. The van der Waals surface area contributed by atoms with Crippen LogP contribution in [0.2, 0.25) is 5.02 Å². The minimum absolute atomic E-state index is 0.150. The maximum Gasteiger partial charge on any atom is 0.305 e. The predicted molar refractivity (Wildman–Crippen MR) is 74.7 cm³/mol. The largest absolute Gasteiger partial charge is 0.496 e. The number of carboxylic acid groups (broad SMARTS) is 1. The van der Waals surface area contributed by atoms with Crippen molar-refractivity contribution in [3.8, 4) is 5.75 Å². The molecule has 100 valence electrons. The van der Waals surface area contributed by atoms with Crippen LogP contribution in [0.1, 0.15) is 18.0 Å². The molecule has 0 aliphatic rings. The summed E-state index contributed by atoms with van der Waals surface area (Å²) in [6.07, 6.45) is -0.150. The minimum Gasteiger partial charge on any atom is -0.496 e. The molecule has 3 N–H and O–H groups in total. The predicted octanol–water partition coefficient (Wildman–Crippen LogP) is 2.98. The fraction of sp³-hybridized carbons (Fsp3) is 0.214. The summed E-state index contributed by atoms with van der Waals surface area (Å²) in [5.41, 5.74) is 6.57. The average molecular weight is 280 g/mol. The van der Waals surface area contributed by atoms with E-state index in [1.54, 1.807) is 6.07 Å². The minimum atomic E-state index is -0.944. The highest BCUT2D eigenvalue weighted by atomic mass is 35.5. The van der Waals surface area contributed by atoms with Crippen molar-refractivity contribution in [1.29, 1.82) is 0 Å². The maximum atomic E-state index is 10.8. The fourth-order valence-electron chi connectivity index (χ4n) is 2.03. The molecule has 0 heterocycles. The van der Waals surface area contributed by atoms with Gasteiger partial charge in [0.25, 0.3) is 0 Å². The Labute approximate surface area is 115 Å². The Morgan fingerprint density at radius 2 is 2.11 bits per heavy atom. The third kappa shape index (κ3) is 2.97. The van der Waals surface area contributed by atoms with Crippen LogP contribution in [0, 0.1) is 0 Å². The fourth-order valence-corrected chi connectivity index (χ4v) is 2.21. The molecule has 0 aromatic heterocycles. The molecule has 0 amide bonds.